The highest BCUT2D eigenvalue weighted by atomic mass is 19.1. The van der Waals surface area contributed by atoms with Gasteiger partial charge in [0, 0.05) is 38.1 Å². The number of halogens is 2. The second-order valence-corrected chi connectivity index (χ2v) is 8.61. The molecule has 8 heteroatoms. The van der Waals surface area contributed by atoms with Crippen LogP contribution < -0.4 is 0 Å². The van der Waals surface area contributed by atoms with Crippen LogP contribution in [0.25, 0.3) is 0 Å². The second kappa shape index (κ2) is 10.6. The molecule has 1 saturated heterocycles. The number of rotatable bonds is 7. The van der Waals surface area contributed by atoms with Crippen molar-refractivity contribution in [2.24, 2.45) is 0 Å². The number of carbonyl (C=O) groups excluding carboxylic acids is 2. The summed E-state index contributed by atoms with van der Waals surface area (Å²) < 4.78 is 37.9. The van der Waals surface area contributed by atoms with E-state index in [4.69, 9.17) is 9.47 Å². The molecule has 4 rings (SSSR count). The monoisotopic (exact) mass is 472 g/mol. The van der Waals surface area contributed by atoms with E-state index in [1.165, 1.54) is 18.2 Å². The quantitative estimate of drug-likeness (QED) is 0.453. The highest BCUT2D eigenvalue weighted by Crippen LogP contribution is 2.47. The van der Waals surface area contributed by atoms with Crippen molar-refractivity contribution in [2.45, 2.75) is 38.3 Å². The molecule has 2 unspecified atom stereocenters. The van der Waals surface area contributed by atoms with Gasteiger partial charge in [0.1, 0.15) is 11.6 Å². The Morgan fingerprint density at radius 3 is 2.06 bits per heavy atom. The first-order valence-corrected chi connectivity index (χ1v) is 11.8. The molecule has 2 aromatic rings. The van der Waals surface area contributed by atoms with Gasteiger partial charge >= 0.3 is 11.9 Å². The molecular formula is C26H30F2N2O4. The van der Waals surface area contributed by atoms with Crippen LogP contribution in [0.3, 0.4) is 0 Å². The lowest BCUT2D eigenvalue weighted by molar-refractivity contribution is -0.164. The molecule has 182 valence electrons. The van der Waals surface area contributed by atoms with Gasteiger partial charge in [-0.05, 0) is 61.2 Å². The van der Waals surface area contributed by atoms with Gasteiger partial charge in [-0.25, -0.2) is 18.4 Å². The lowest BCUT2D eigenvalue weighted by atomic mass is 9.93. The first-order valence-electron chi connectivity index (χ1n) is 11.8. The largest absolute Gasteiger partial charge is 0.464 e. The van der Waals surface area contributed by atoms with Crippen molar-refractivity contribution in [3.05, 3.63) is 70.8 Å². The van der Waals surface area contributed by atoms with Gasteiger partial charge < -0.3 is 9.47 Å². The highest BCUT2D eigenvalue weighted by Gasteiger charge is 2.41. The third kappa shape index (κ3) is 4.98. The molecule has 0 amide bonds. The summed E-state index contributed by atoms with van der Waals surface area (Å²) in [7, 11) is 0. The predicted octanol–water partition coefficient (Wildman–Crippen LogP) is 3.65. The molecule has 1 aliphatic heterocycles. The zero-order chi connectivity index (χ0) is 24.2. The standard InChI is InChI=1S/C26H30F2N2O4/c1-3-33-25(31)24(26(32)34-4-2)30-13-11-29(12-14-30)23-16-21(17-5-7-18(27)8-6-17)20-10-9-19(28)15-22(20)23/h5-10,15,21,23-24H,3-4,11-14,16H2,1-2H3. The summed E-state index contributed by atoms with van der Waals surface area (Å²) in [5, 5.41) is 0. The number of esters is 2. The highest BCUT2D eigenvalue weighted by molar-refractivity contribution is 5.99. The van der Waals surface area contributed by atoms with Crippen molar-refractivity contribution in [1.82, 2.24) is 9.80 Å². The average Bonchev–Trinajstić information content (AvgIpc) is 3.19. The van der Waals surface area contributed by atoms with Crippen LogP contribution in [0, 0.1) is 11.6 Å². The predicted molar refractivity (Wildman–Crippen MR) is 122 cm³/mol. The summed E-state index contributed by atoms with van der Waals surface area (Å²) >= 11 is 0. The first-order chi connectivity index (χ1) is 16.4. The van der Waals surface area contributed by atoms with Crippen molar-refractivity contribution in [3.8, 4) is 0 Å². The van der Waals surface area contributed by atoms with Crippen LogP contribution in [0.1, 0.15) is 48.9 Å². The maximum absolute atomic E-state index is 14.2. The Kier molecular flexibility index (Phi) is 7.58. The SMILES string of the molecule is CCOC(=O)C(C(=O)OCC)N1CCN(C2CC(c3ccc(F)cc3)c3ccc(F)cc32)CC1. The molecule has 0 bridgehead atoms. The zero-order valence-electron chi connectivity index (χ0n) is 19.5. The first kappa shape index (κ1) is 24.3. The zero-order valence-corrected chi connectivity index (χ0v) is 19.5. The average molecular weight is 473 g/mol. The Hall–Kier alpha value is -2.84. The van der Waals surface area contributed by atoms with Gasteiger partial charge in [-0.15, -0.1) is 0 Å². The van der Waals surface area contributed by atoms with Crippen molar-refractivity contribution >= 4 is 11.9 Å². The fourth-order valence-corrected chi connectivity index (χ4v) is 5.13. The lowest BCUT2D eigenvalue weighted by Crippen LogP contribution is -2.56. The lowest BCUT2D eigenvalue weighted by Gasteiger charge is -2.40. The third-order valence-corrected chi connectivity index (χ3v) is 6.69. The van der Waals surface area contributed by atoms with Crippen LogP contribution in [-0.4, -0.2) is 67.2 Å². The fraction of sp³-hybridized carbons (Fsp3) is 0.462. The van der Waals surface area contributed by atoms with Gasteiger partial charge in [-0.2, -0.15) is 0 Å². The minimum absolute atomic E-state index is 0.00783. The number of carbonyl (C=O) groups is 2. The van der Waals surface area contributed by atoms with Crippen LogP contribution in [0.5, 0.6) is 0 Å². The fourth-order valence-electron chi connectivity index (χ4n) is 5.13. The number of fused-ring (bicyclic) bond motifs is 1. The van der Waals surface area contributed by atoms with Crippen LogP contribution in [0.4, 0.5) is 8.78 Å². The van der Waals surface area contributed by atoms with Gasteiger partial charge in [-0.3, -0.25) is 9.80 Å². The normalized spacial score (nSPS) is 20.9. The molecule has 6 nitrogen and oxygen atoms in total. The van der Waals surface area contributed by atoms with Crippen LogP contribution in [0.15, 0.2) is 42.5 Å². The Morgan fingerprint density at radius 1 is 0.882 bits per heavy atom. The molecule has 0 aromatic heterocycles. The molecule has 1 fully saturated rings. The molecule has 2 aliphatic rings. The summed E-state index contributed by atoms with van der Waals surface area (Å²) in [6, 6.07) is 10.3. The van der Waals surface area contributed by atoms with Gasteiger partial charge in [0.15, 0.2) is 0 Å². The molecule has 0 saturated carbocycles. The summed E-state index contributed by atoms with van der Waals surface area (Å²) in [6.07, 6.45) is 0.754. The summed E-state index contributed by atoms with van der Waals surface area (Å²) in [6.45, 7) is 5.93. The molecular weight excluding hydrogens is 442 g/mol. The third-order valence-electron chi connectivity index (χ3n) is 6.69. The number of ether oxygens (including phenoxy) is 2. The smallest absolute Gasteiger partial charge is 0.335 e. The number of hydrogen-bond donors (Lipinski definition) is 0. The summed E-state index contributed by atoms with van der Waals surface area (Å²) in [4.78, 5) is 29.0. The van der Waals surface area contributed by atoms with Crippen molar-refractivity contribution < 1.29 is 27.8 Å². The topological polar surface area (TPSA) is 59.1 Å². The van der Waals surface area contributed by atoms with E-state index in [0.717, 1.165) is 23.1 Å². The van der Waals surface area contributed by atoms with Gasteiger partial charge in [-0.1, -0.05) is 18.2 Å². The number of hydrogen-bond acceptors (Lipinski definition) is 6. The van der Waals surface area contributed by atoms with Crippen LogP contribution >= 0.6 is 0 Å². The second-order valence-electron chi connectivity index (χ2n) is 8.61. The van der Waals surface area contributed by atoms with Crippen molar-refractivity contribution in [1.29, 1.82) is 0 Å². The van der Waals surface area contributed by atoms with E-state index in [1.807, 2.05) is 6.07 Å². The van der Waals surface area contributed by atoms with E-state index in [0.29, 0.717) is 26.2 Å². The van der Waals surface area contributed by atoms with E-state index in [9.17, 15) is 18.4 Å². The molecule has 2 atom stereocenters. The van der Waals surface area contributed by atoms with Crippen molar-refractivity contribution in [3.63, 3.8) is 0 Å². The Balaban J connectivity index is 1.51. The molecule has 0 spiro atoms. The van der Waals surface area contributed by atoms with E-state index in [1.54, 1.807) is 36.9 Å². The number of benzene rings is 2. The van der Waals surface area contributed by atoms with Gasteiger partial charge in [0.25, 0.3) is 0 Å². The number of piperazine rings is 1. The summed E-state index contributed by atoms with van der Waals surface area (Å²) in [5.41, 5.74) is 2.99. The minimum atomic E-state index is -1.08. The van der Waals surface area contributed by atoms with Gasteiger partial charge in [0.05, 0.1) is 13.2 Å². The van der Waals surface area contributed by atoms with E-state index >= 15 is 0 Å². The number of nitrogens with zero attached hydrogens (tertiary/aromatic N) is 2. The Labute approximate surface area is 198 Å². The van der Waals surface area contributed by atoms with Crippen LogP contribution in [0.2, 0.25) is 0 Å². The summed E-state index contributed by atoms with van der Waals surface area (Å²) in [5.74, 6) is -1.72. The molecule has 0 N–H and O–H groups in total. The van der Waals surface area contributed by atoms with E-state index in [-0.39, 0.29) is 36.8 Å². The van der Waals surface area contributed by atoms with Crippen molar-refractivity contribution in [2.75, 3.05) is 39.4 Å². The molecule has 1 aliphatic carbocycles. The Bertz CT molecular complexity index is 1000. The Morgan fingerprint density at radius 2 is 1.47 bits per heavy atom. The van der Waals surface area contributed by atoms with Crippen LogP contribution in [-0.2, 0) is 19.1 Å². The molecule has 34 heavy (non-hydrogen) atoms. The minimum Gasteiger partial charge on any atom is -0.464 e. The molecule has 0 radical (unpaired) electrons. The molecule has 1 heterocycles. The van der Waals surface area contributed by atoms with E-state index in [2.05, 4.69) is 4.90 Å². The van der Waals surface area contributed by atoms with E-state index < -0.39 is 18.0 Å². The maximum Gasteiger partial charge on any atom is 0.335 e. The maximum atomic E-state index is 14.2. The molecule has 2 aromatic carbocycles. The van der Waals surface area contributed by atoms with Gasteiger partial charge in [0.2, 0.25) is 6.04 Å².